The van der Waals surface area contributed by atoms with E-state index in [-0.39, 0.29) is 16.0 Å². The Hall–Kier alpha value is -1.62. The van der Waals surface area contributed by atoms with Gasteiger partial charge in [0.05, 0.1) is 0 Å². The van der Waals surface area contributed by atoms with Gasteiger partial charge in [-0.3, -0.25) is 9.59 Å². The highest BCUT2D eigenvalue weighted by Gasteiger charge is 2.23. The first-order valence-corrected chi connectivity index (χ1v) is 7.96. The largest absolute Gasteiger partial charge is 0.458 e. The van der Waals surface area contributed by atoms with Crippen LogP contribution in [-0.4, -0.2) is 28.1 Å². The Morgan fingerprint density at radius 3 is 2.20 bits per heavy atom. The number of allylic oxidation sites excluding steroid dienone is 2. The van der Waals surface area contributed by atoms with E-state index in [1.165, 1.54) is 12.2 Å². The summed E-state index contributed by atoms with van der Waals surface area (Å²) in [7, 11) is -1.56. The minimum atomic E-state index is -1.56. The summed E-state index contributed by atoms with van der Waals surface area (Å²) < 4.78 is 5.22. The number of carbonyl (C=O) groups excluding carboxylic acids is 3. The standard InChI is InChI=1S/C15H22O4S/c1-5-9-13(16)19-12(7-3)11-20(14(17)8-4)15(18)10-6-2/h5-6,8-10,12,20H,4,7,11H2,1-3H3. The second-order valence-corrected chi connectivity index (χ2v) is 6.06. The molecule has 0 aromatic carbocycles. The number of thiol groups is 1. The first-order valence-electron chi connectivity index (χ1n) is 6.43. The molecule has 0 rings (SSSR count). The van der Waals surface area contributed by atoms with Gasteiger partial charge in [0, 0.05) is 11.8 Å². The van der Waals surface area contributed by atoms with Crippen LogP contribution in [0.25, 0.3) is 0 Å². The zero-order valence-corrected chi connectivity index (χ0v) is 13.1. The Balaban J connectivity index is 4.92. The van der Waals surface area contributed by atoms with Gasteiger partial charge in [-0.15, -0.1) is 10.9 Å². The van der Waals surface area contributed by atoms with Gasteiger partial charge in [0.15, 0.2) is 10.2 Å². The molecule has 0 saturated heterocycles. The molecule has 0 aliphatic heterocycles. The third-order valence-electron chi connectivity index (χ3n) is 2.44. The predicted molar refractivity (Wildman–Crippen MR) is 83.9 cm³/mol. The SMILES string of the molecule is C=CC(=O)[SH](CC(CC)OC(=O)C=CC)C(=O)C=CC. The van der Waals surface area contributed by atoms with Crippen molar-refractivity contribution in [3.05, 3.63) is 37.0 Å². The predicted octanol–water partition coefficient (Wildman–Crippen LogP) is 2.70. The molecule has 2 unspecified atom stereocenters. The molecule has 0 bridgehead atoms. The highest BCUT2D eigenvalue weighted by molar-refractivity contribution is 8.41. The third kappa shape index (κ3) is 6.52. The van der Waals surface area contributed by atoms with E-state index in [0.717, 1.165) is 6.08 Å². The molecule has 0 heterocycles. The van der Waals surface area contributed by atoms with E-state index >= 15 is 0 Å². The van der Waals surface area contributed by atoms with Crippen LogP contribution in [0.5, 0.6) is 0 Å². The molecule has 0 aliphatic carbocycles. The van der Waals surface area contributed by atoms with Crippen LogP contribution in [0, 0.1) is 0 Å². The van der Waals surface area contributed by atoms with Gasteiger partial charge in [0.1, 0.15) is 6.10 Å². The summed E-state index contributed by atoms with van der Waals surface area (Å²) in [6.07, 6.45) is 7.14. The summed E-state index contributed by atoms with van der Waals surface area (Å²) >= 11 is 0. The van der Waals surface area contributed by atoms with Crippen LogP contribution in [0.15, 0.2) is 37.0 Å². The number of carbonyl (C=O) groups is 3. The molecule has 112 valence electrons. The summed E-state index contributed by atoms with van der Waals surface area (Å²) in [6.45, 7) is 8.70. The van der Waals surface area contributed by atoms with Crippen molar-refractivity contribution in [3.63, 3.8) is 0 Å². The van der Waals surface area contributed by atoms with Crippen molar-refractivity contribution >= 4 is 27.1 Å². The molecule has 0 aromatic heterocycles. The molecular weight excluding hydrogens is 276 g/mol. The molecule has 0 aromatic rings. The molecule has 5 heteroatoms. The van der Waals surface area contributed by atoms with Crippen molar-refractivity contribution in [2.24, 2.45) is 0 Å². The zero-order chi connectivity index (χ0) is 15.5. The van der Waals surface area contributed by atoms with Gasteiger partial charge in [-0.25, -0.2) is 4.79 Å². The van der Waals surface area contributed by atoms with E-state index in [9.17, 15) is 14.4 Å². The average Bonchev–Trinajstić information content (AvgIpc) is 2.42. The van der Waals surface area contributed by atoms with E-state index in [1.807, 2.05) is 6.92 Å². The van der Waals surface area contributed by atoms with E-state index in [1.54, 1.807) is 26.0 Å². The highest BCUT2D eigenvalue weighted by Crippen LogP contribution is 2.31. The molecule has 0 fully saturated rings. The summed E-state index contributed by atoms with van der Waals surface area (Å²) in [5, 5.41) is -0.517. The maximum Gasteiger partial charge on any atom is 0.330 e. The topological polar surface area (TPSA) is 60.4 Å². The lowest BCUT2D eigenvalue weighted by molar-refractivity contribution is -0.142. The van der Waals surface area contributed by atoms with Gasteiger partial charge in [0.2, 0.25) is 0 Å². The monoisotopic (exact) mass is 298 g/mol. The zero-order valence-electron chi connectivity index (χ0n) is 12.2. The summed E-state index contributed by atoms with van der Waals surface area (Å²) in [6, 6.07) is 0. The Morgan fingerprint density at radius 2 is 1.75 bits per heavy atom. The van der Waals surface area contributed by atoms with Crippen molar-refractivity contribution < 1.29 is 19.1 Å². The van der Waals surface area contributed by atoms with Crippen molar-refractivity contribution in [2.75, 3.05) is 5.75 Å². The van der Waals surface area contributed by atoms with Crippen molar-refractivity contribution in [2.45, 2.75) is 33.3 Å². The molecule has 2 atom stereocenters. The van der Waals surface area contributed by atoms with Crippen molar-refractivity contribution in [1.82, 2.24) is 0 Å². The molecular formula is C15H22O4S. The molecule has 0 N–H and O–H groups in total. The third-order valence-corrected chi connectivity index (χ3v) is 4.61. The minimum absolute atomic E-state index is 0.229. The lowest BCUT2D eigenvalue weighted by Gasteiger charge is -2.21. The lowest BCUT2D eigenvalue weighted by Crippen LogP contribution is -2.24. The fourth-order valence-electron chi connectivity index (χ4n) is 1.42. The molecule has 0 saturated carbocycles. The van der Waals surface area contributed by atoms with E-state index in [2.05, 4.69) is 6.58 Å². The quantitative estimate of drug-likeness (QED) is 0.446. The molecule has 4 nitrogen and oxygen atoms in total. The maximum atomic E-state index is 11.9. The fourth-order valence-corrected chi connectivity index (χ4v) is 3.29. The van der Waals surface area contributed by atoms with Gasteiger partial charge in [-0.1, -0.05) is 25.7 Å². The Labute approximate surface area is 122 Å². The minimum Gasteiger partial charge on any atom is -0.458 e. The number of esters is 1. The number of ether oxygens (including phenoxy) is 1. The molecule has 0 radical (unpaired) electrons. The van der Waals surface area contributed by atoms with Crippen LogP contribution in [0.3, 0.4) is 0 Å². The normalized spacial score (nSPS) is 15.1. The summed E-state index contributed by atoms with van der Waals surface area (Å²) in [4.78, 5) is 35.1. The van der Waals surface area contributed by atoms with Crippen LogP contribution in [0.4, 0.5) is 0 Å². The first kappa shape index (κ1) is 18.4. The van der Waals surface area contributed by atoms with Crippen LogP contribution >= 0.6 is 10.9 Å². The number of hydrogen-bond donors (Lipinski definition) is 1. The summed E-state index contributed by atoms with van der Waals surface area (Å²) in [5.74, 6) is -0.220. The number of hydrogen-bond acceptors (Lipinski definition) is 4. The Bertz CT molecular complexity index is 424. The van der Waals surface area contributed by atoms with Crippen LogP contribution in [0.2, 0.25) is 0 Å². The van der Waals surface area contributed by atoms with Crippen LogP contribution in [0.1, 0.15) is 27.2 Å². The molecule has 0 aliphatic rings. The fraction of sp³-hybridized carbons (Fsp3) is 0.400. The molecule has 0 spiro atoms. The highest BCUT2D eigenvalue weighted by atomic mass is 32.2. The summed E-state index contributed by atoms with van der Waals surface area (Å²) in [5.41, 5.74) is 0. The molecule has 20 heavy (non-hydrogen) atoms. The Morgan fingerprint density at radius 1 is 1.15 bits per heavy atom. The molecule has 0 amide bonds. The first-order chi connectivity index (χ1) is 9.49. The smallest absolute Gasteiger partial charge is 0.330 e. The van der Waals surface area contributed by atoms with Gasteiger partial charge in [-0.2, -0.15) is 0 Å². The van der Waals surface area contributed by atoms with Crippen molar-refractivity contribution in [1.29, 1.82) is 0 Å². The Kier molecular flexibility index (Phi) is 9.38. The van der Waals surface area contributed by atoms with Gasteiger partial charge in [-0.05, 0) is 32.4 Å². The van der Waals surface area contributed by atoms with Crippen LogP contribution in [-0.2, 0) is 19.1 Å². The average molecular weight is 298 g/mol. The maximum absolute atomic E-state index is 11.9. The van der Waals surface area contributed by atoms with Gasteiger partial charge >= 0.3 is 5.97 Å². The van der Waals surface area contributed by atoms with Gasteiger partial charge in [0.25, 0.3) is 0 Å². The van der Waals surface area contributed by atoms with E-state index in [0.29, 0.717) is 6.42 Å². The lowest BCUT2D eigenvalue weighted by atomic mass is 10.3. The van der Waals surface area contributed by atoms with Crippen LogP contribution < -0.4 is 0 Å². The van der Waals surface area contributed by atoms with E-state index < -0.39 is 23.0 Å². The van der Waals surface area contributed by atoms with Crippen molar-refractivity contribution in [3.8, 4) is 0 Å². The van der Waals surface area contributed by atoms with Gasteiger partial charge < -0.3 is 4.74 Å². The second kappa shape index (κ2) is 10.2. The van der Waals surface area contributed by atoms with E-state index in [4.69, 9.17) is 4.74 Å². The second-order valence-electron chi connectivity index (χ2n) is 3.96. The number of rotatable bonds is 7.